The summed E-state index contributed by atoms with van der Waals surface area (Å²) >= 11 is 0. The van der Waals surface area contributed by atoms with Crippen LogP contribution < -0.4 is 5.32 Å². The molecule has 6 nitrogen and oxygen atoms in total. The van der Waals surface area contributed by atoms with Crippen LogP contribution in [0.4, 0.5) is 10.2 Å². The molecule has 1 fully saturated rings. The van der Waals surface area contributed by atoms with Crippen LogP contribution in [0.25, 0.3) is 0 Å². The fourth-order valence-corrected chi connectivity index (χ4v) is 3.49. The summed E-state index contributed by atoms with van der Waals surface area (Å²) in [6.07, 6.45) is 1.63. The third kappa shape index (κ3) is 3.30. The monoisotopic (exact) mass is 368 g/mol. The lowest BCUT2D eigenvalue weighted by molar-refractivity contribution is -0.183. The average Bonchev–Trinajstić information content (AvgIpc) is 3.30. The molecule has 1 radical (unpaired) electrons. The van der Waals surface area contributed by atoms with Crippen molar-refractivity contribution in [2.45, 2.75) is 32.3 Å². The number of nitrogens with one attached hydrogen (secondary N) is 1. The molecule has 139 valence electrons. The lowest BCUT2D eigenvalue weighted by atomic mass is 9.76. The number of carbonyl (C=O) groups is 1. The third-order valence-electron chi connectivity index (χ3n) is 5.12. The number of pyridine rings is 1. The minimum atomic E-state index is -0.296. The van der Waals surface area contributed by atoms with Gasteiger partial charge in [0.15, 0.2) is 0 Å². The fraction of sp³-hybridized carbons (Fsp3) is 0.368. The number of hydrogen-bond acceptors (Lipinski definition) is 5. The van der Waals surface area contributed by atoms with Crippen LogP contribution in [0.15, 0.2) is 30.5 Å². The van der Waals surface area contributed by atoms with E-state index in [1.54, 1.807) is 23.2 Å². The second-order valence-electron chi connectivity index (χ2n) is 6.78. The molecule has 0 aliphatic carbocycles. The zero-order valence-electron chi connectivity index (χ0n) is 15.2. The number of hydrogen-bond donors (Lipinski definition) is 1. The summed E-state index contributed by atoms with van der Waals surface area (Å²) in [5.41, 5.74) is 2.92. The quantitative estimate of drug-likeness (QED) is 0.650. The van der Waals surface area contributed by atoms with Crippen molar-refractivity contribution in [2.75, 3.05) is 18.5 Å². The highest BCUT2D eigenvalue weighted by Crippen LogP contribution is 2.31. The highest BCUT2D eigenvalue weighted by molar-refractivity contribution is 6.30. The van der Waals surface area contributed by atoms with E-state index in [-0.39, 0.29) is 23.6 Å². The summed E-state index contributed by atoms with van der Waals surface area (Å²) in [4.78, 5) is 28.1. The maximum absolute atomic E-state index is 14.5. The van der Waals surface area contributed by atoms with Crippen LogP contribution >= 0.6 is 0 Å². The van der Waals surface area contributed by atoms with Gasteiger partial charge in [-0.3, -0.25) is 9.68 Å². The molecule has 0 bridgehead atoms. The first-order chi connectivity index (χ1) is 13.1. The van der Waals surface area contributed by atoms with Gasteiger partial charge in [0, 0.05) is 29.7 Å². The Bertz CT molecular complexity index is 873. The minimum Gasteiger partial charge on any atom is -0.363 e. The number of benzene rings is 1. The molecule has 8 heteroatoms. The van der Waals surface area contributed by atoms with Crippen molar-refractivity contribution in [1.29, 1.82) is 0 Å². The molecule has 2 atom stereocenters. The zero-order valence-corrected chi connectivity index (χ0v) is 15.2. The van der Waals surface area contributed by atoms with Gasteiger partial charge in [0.25, 0.3) is 5.91 Å². The zero-order chi connectivity index (χ0) is 19.0. The summed E-state index contributed by atoms with van der Waals surface area (Å²) in [7, 11) is 1.49. The van der Waals surface area contributed by atoms with Gasteiger partial charge in [-0.15, -0.1) is 0 Å². The van der Waals surface area contributed by atoms with Gasteiger partial charge in [-0.25, -0.2) is 9.37 Å². The Balaban J connectivity index is 1.54. The number of halogens is 1. The van der Waals surface area contributed by atoms with Crippen molar-refractivity contribution in [1.82, 2.24) is 9.88 Å². The number of rotatable bonds is 5. The topological polar surface area (TPSA) is 63.7 Å². The molecule has 4 rings (SSSR count). The summed E-state index contributed by atoms with van der Waals surface area (Å²) in [5, 5.41) is 3.33. The van der Waals surface area contributed by atoms with E-state index in [0.717, 1.165) is 11.1 Å². The van der Waals surface area contributed by atoms with Gasteiger partial charge >= 0.3 is 7.48 Å². The lowest BCUT2D eigenvalue weighted by Gasteiger charge is -2.18. The number of aromatic nitrogens is 1. The number of fused-ring (bicyclic) bond motifs is 1. The second kappa shape index (κ2) is 7.29. The summed E-state index contributed by atoms with van der Waals surface area (Å²) < 4.78 is 14.5. The molecule has 1 unspecified atom stereocenters. The molecule has 2 aliphatic rings. The smallest absolute Gasteiger partial charge is 0.354 e. The van der Waals surface area contributed by atoms with Crippen molar-refractivity contribution >= 4 is 19.2 Å². The summed E-state index contributed by atoms with van der Waals surface area (Å²) in [6.45, 7) is 5.40. The molecule has 1 N–H and O–H groups in total. The van der Waals surface area contributed by atoms with E-state index >= 15 is 0 Å². The Morgan fingerprint density at radius 1 is 1.44 bits per heavy atom. The van der Waals surface area contributed by atoms with E-state index in [9.17, 15) is 9.18 Å². The highest BCUT2D eigenvalue weighted by Gasteiger charge is 2.29. The van der Waals surface area contributed by atoms with E-state index in [1.807, 2.05) is 19.9 Å². The van der Waals surface area contributed by atoms with Crippen LogP contribution in [0.5, 0.6) is 0 Å². The Kier molecular flexibility index (Phi) is 4.84. The Morgan fingerprint density at radius 3 is 3.00 bits per heavy atom. The summed E-state index contributed by atoms with van der Waals surface area (Å²) in [6, 6.07) is 6.74. The molecule has 3 heterocycles. The SMILES string of the molecule is CCN1Cc2c(ccnc2N[C@@H](C)c2ccc(C3[B]OOC3)c(F)c2)C1=O. The van der Waals surface area contributed by atoms with E-state index in [1.165, 1.54) is 13.5 Å². The molecule has 0 spiro atoms. The molecule has 2 aromatic rings. The van der Waals surface area contributed by atoms with Gasteiger partial charge in [-0.1, -0.05) is 12.1 Å². The van der Waals surface area contributed by atoms with Crippen molar-refractivity contribution < 1.29 is 18.9 Å². The van der Waals surface area contributed by atoms with E-state index < -0.39 is 0 Å². The van der Waals surface area contributed by atoms with Crippen LogP contribution in [0, 0.1) is 5.82 Å². The maximum atomic E-state index is 14.5. The first-order valence-corrected chi connectivity index (χ1v) is 9.03. The van der Waals surface area contributed by atoms with Crippen LogP contribution in [0.2, 0.25) is 0 Å². The number of amides is 1. The average molecular weight is 368 g/mol. The predicted octanol–water partition coefficient (Wildman–Crippen LogP) is 2.99. The van der Waals surface area contributed by atoms with Crippen LogP contribution in [0.3, 0.4) is 0 Å². The van der Waals surface area contributed by atoms with Gasteiger partial charge in [0.05, 0.1) is 19.2 Å². The van der Waals surface area contributed by atoms with Crippen molar-refractivity contribution in [3.05, 3.63) is 58.5 Å². The Morgan fingerprint density at radius 2 is 2.30 bits per heavy atom. The molecular weight excluding hydrogens is 348 g/mol. The first kappa shape index (κ1) is 17.9. The van der Waals surface area contributed by atoms with E-state index in [2.05, 4.69) is 10.3 Å². The molecule has 1 aromatic carbocycles. The number of carbonyl (C=O) groups excluding carboxylic acids is 1. The minimum absolute atomic E-state index is 0.0262. The lowest BCUT2D eigenvalue weighted by Crippen LogP contribution is -2.22. The van der Waals surface area contributed by atoms with Crippen LogP contribution in [0.1, 0.15) is 52.8 Å². The van der Waals surface area contributed by atoms with E-state index in [0.29, 0.717) is 36.6 Å². The van der Waals surface area contributed by atoms with Crippen LogP contribution in [-0.4, -0.2) is 36.4 Å². The van der Waals surface area contributed by atoms with Gasteiger partial charge in [-0.05, 0) is 37.1 Å². The Hall–Kier alpha value is -2.45. The van der Waals surface area contributed by atoms with Crippen LogP contribution in [-0.2, 0) is 16.2 Å². The first-order valence-electron chi connectivity index (χ1n) is 9.03. The number of nitrogens with zero attached hydrogens (tertiary/aromatic N) is 2. The summed E-state index contributed by atoms with van der Waals surface area (Å²) in [5.74, 6) is 0.195. The Labute approximate surface area is 157 Å². The molecule has 1 aromatic heterocycles. The van der Waals surface area contributed by atoms with Gasteiger partial charge < -0.3 is 15.0 Å². The number of anilines is 1. The third-order valence-corrected chi connectivity index (χ3v) is 5.12. The second-order valence-corrected chi connectivity index (χ2v) is 6.78. The maximum Gasteiger partial charge on any atom is 0.354 e. The largest absolute Gasteiger partial charge is 0.363 e. The van der Waals surface area contributed by atoms with E-state index in [4.69, 9.17) is 9.69 Å². The molecule has 1 amide bonds. The highest BCUT2D eigenvalue weighted by atomic mass is 19.1. The fourth-order valence-electron chi connectivity index (χ4n) is 3.49. The predicted molar refractivity (Wildman–Crippen MR) is 98.6 cm³/mol. The molecule has 0 saturated carbocycles. The molecular formula is C19H20BFN3O3. The normalized spacial score (nSPS) is 19.7. The molecule has 2 aliphatic heterocycles. The standard InChI is InChI=1S/C19H20BFN3O3/c1-3-24-9-15-13(19(24)25)6-7-22-18(15)23-11(2)12-4-5-14(17(21)8-12)16-10-26-27-20-16/h4-8,11,16H,3,9-10H2,1-2H3,(H,22,23)/t11-,16?/m0/s1. The van der Waals surface area contributed by atoms with Crippen molar-refractivity contribution in [3.8, 4) is 0 Å². The van der Waals surface area contributed by atoms with Crippen molar-refractivity contribution in [2.24, 2.45) is 0 Å². The molecule has 1 saturated heterocycles. The van der Waals surface area contributed by atoms with Crippen molar-refractivity contribution in [3.63, 3.8) is 0 Å². The van der Waals surface area contributed by atoms with Gasteiger partial charge in [0.1, 0.15) is 11.6 Å². The molecule has 27 heavy (non-hydrogen) atoms. The van der Waals surface area contributed by atoms with Gasteiger partial charge in [-0.2, -0.15) is 0 Å². The van der Waals surface area contributed by atoms with Gasteiger partial charge in [0.2, 0.25) is 0 Å².